The van der Waals surface area contributed by atoms with E-state index in [1.807, 2.05) is 18.2 Å². The number of aromatic nitrogens is 2. The van der Waals surface area contributed by atoms with Gasteiger partial charge in [-0.3, -0.25) is 4.79 Å². The maximum atomic E-state index is 11.0. The zero-order valence-corrected chi connectivity index (χ0v) is 6.45. The minimum Gasteiger partial charge on any atom is -0.346 e. The van der Waals surface area contributed by atoms with Crippen LogP contribution in [0.2, 0.25) is 0 Å². The summed E-state index contributed by atoms with van der Waals surface area (Å²) in [5.41, 5.74) is 0.645. The summed E-state index contributed by atoms with van der Waals surface area (Å²) in [7, 11) is 0. The van der Waals surface area contributed by atoms with Crippen LogP contribution >= 0.6 is 0 Å². The Kier molecular flexibility index (Phi) is 2.21. The normalized spacial score (nSPS) is 9.33. The van der Waals surface area contributed by atoms with E-state index in [-0.39, 0.29) is 11.7 Å². The fraction of sp³-hybridized carbons (Fsp3) is 0. The lowest BCUT2D eigenvalue weighted by Gasteiger charge is -1.92. The largest absolute Gasteiger partial charge is 0.346 e. The molecule has 62 valence electrons. The molecule has 0 aliphatic rings. The van der Waals surface area contributed by atoms with Gasteiger partial charge in [0.15, 0.2) is 0 Å². The molecule has 0 aliphatic carbocycles. The Labute approximate surface area is 68.8 Å². The number of hydrogen-bond acceptors (Lipinski definition) is 3. The lowest BCUT2D eigenvalue weighted by atomic mass is 10.2. The molecule has 1 aromatic heterocycles. The topological polar surface area (TPSA) is 80.8 Å². The second-order valence-electron chi connectivity index (χ2n) is 2.25. The first-order valence-corrected chi connectivity index (χ1v) is 3.30. The molecular formula is C8H9N3O. The van der Waals surface area contributed by atoms with E-state index in [9.17, 15) is 4.79 Å². The van der Waals surface area contributed by atoms with Gasteiger partial charge in [0.05, 0.1) is 17.2 Å². The molecule has 4 nitrogen and oxygen atoms in total. The van der Waals surface area contributed by atoms with Gasteiger partial charge in [0.2, 0.25) is 0 Å². The number of hydrogen-bond donors (Lipinski definition) is 2. The van der Waals surface area contributed by atoms with Gasteiger partial charge in [-0.25, -0.2) is 0 Å². The van der Waals surface area contributed by atoms with E-state index >= 15 is 0 Å². The van der Waals surface area contributed by atoms with Crippen molar-refractivity contribution >= 4 is 10.9 Å². The zero-order chi connectivity index (χ0) is 7.68. The van der Waals surface area contributed by atoms with Crippen molar-refractivity contribution in [1.29, 1.82) is 0 Å². The highest BCUT2D eigenvalue weighted by atomic mass is 16.1. The predicted molar refractivity (Wildman–Crippen MR) is 47.4 cm³/mol. The van der Waals surface area contributed by atoms with Crippen molar-refractivity contribution in [2.75, 3.05) is 0 Å². The van der Waals surface area contributed by atoms with Gasteiger partial charge in [-0.05, 0) is 12.1 Å². The minimum absolute atomic E-state index is 0. The Morgan fingerprint density at radius 2 is 2.00 bits per heavy atom. The molecular weight excluding hydrogens is 154 g/mol. The summed E-state index contributed by atoms with van der Waals surface area (Å²) < 4.78 is 0. The van der Waals surface area contributed by atoms with Crippen molar-refractivity contribution < 1.29 is 0 Å². The van der Waals surface area contributed by atoms with Crippen LogP contribution in [0, 0.1) is 0 Å². The number of nitrogens with zero attached hydrogens (tertiary/aromatic N) is 1. The van der Waals surface area contributed by atoms with Gasteiger partial charge in [0.25, 0.3) is 5.56 Å². The molecule has 4 N–H and O–H groups in total. The third-order valence-electron chi connectivity index (χ3n) is 1.56. The highest BCUT2D eigenvalue weighted by Crippen LogP contribution is 2.02. The zero-order valence-electron chi connectivity index (χ0n) is 6.45. The van der Waals surface area contributed by atoms with Gasteiger partial charge < -0.3 is 11.1 Å². The molecule has 2 aromatic rings. The van der Waals surface area contributed by atoms with Crippen molar-refractivity contribution in [2.24, 2.45) is 0 Å². The Bertz CT molecular complexity index is 430. The average Bonchev–Trinajstić information content (AvgIpc) is 2.06. The lowest BCUT2D eigenvalue weighted by Crippen LogP contribution is -2.05. The smallest absolute Gasteiger partial charge is 0.280 e. The lowest BCUT2D eigenvalue weighted by molar-refractivity contribution is 1.17. The Morgan fingerprint density at radius 3 is 2.75 bits per heavy atom. The predicted octanol–water partition coefficient (Wildman–Crippen LogP) is 1.09. The van der Waals surface area contributed by atoms with E-state index in [4.69, 9.17) is 0 Å². The van der Waals surface area contributed by atoms with Crippen LogP contribution in [0.5, 0.6) is 0 Å². The number of fused-ring (bicyclic) bond motifs is 1. The minimum atomic E-state index is -0.181. The van der Waals surface area contributed by atoms with Gasteiger partial charge in [0, 0.05) is 0 Å². The van der Waals surface area contributed by atoms with E-state index in [1.54, 1.807) is 6.07 Å². The Morgan fingerprint density at radius 1 is 1.25 bits per heavy atom. The molecule has 0 unspecified atom stereocenters. The van der Waals surface area contributed by atoms with Gasteiger partial charge in [-0.2, -0.15) is 4.98 Å². The maximum Gasteiger partial charge on any atom is 0.280 e. The van der Waals surface area contributed by atoms with Crippen LogP contribution in [0.3, 0.4) is 0 Å². The van der Waals surface area contributed by atoms with Gasteiger partial charge in [-0.15, -0.1) is 0 Å². The summed E-state index contributed by atoms with van der Waals surface area (Å²) in [5, 5.41) is 0.634. The third-order valence-corrected chi connectivity index (χ3v) is 1.56. The molecule has 4 heteroatoms. The van der Waals surface area contributed by atoms with Crippen molar-refractivity contribution in [3.63, 3.8) is 0 Å². The SMILES string of the molecule is N.O=c1nc[nH]c2ccccc12. The molecule has 0 spiro atoms. The third kappa shape index (κ3) is 1.19. The van der Waals surface area contributed by atoms with Gasteiger partial charge in [0.1, 0.15) is 0 Å². The second kappa shape index (κ2) is 3.15. The van der Waals surface area contributed by atoms with Gasteiger partial charge >= 0.3 is 0 Å². The molecule has 0 saturated carbocycles. The standard InChI is InChI=1S/C8H6N2O.H3N/c11-8-6-3-1-2-4-7(6)9-5-10-8;/h1-5H,(H,9,10,11);1H3. The number of para-hydroxylation sites is 1. The summed E-state index contributed by atoms with van der Waals surface area (Å²) in [5.74, 6) is 0. The first-order chi connectivity index (χ1) is 5.38. The maximum absolute atomic E-state index is 11.0. The van der Waals surface area contributed by atoms with Crippen LogP contribution in [-0.4, -0.2) is 9.97 Å². The van der Waals surface area contributed by atoms with Crippen LogP contribution in [0.1, 0.15) is 0 Å². The molecule has 0 fully saturated rings. The number of H-pyrrole nitrogens is 1. The highest BCUT2D eigenvalue weighted by molar-refractivity contribution is 5.76. The fourth-order valence-corrected chi connectivity index (χ4v) is 1.03. The average molecular weight is 163 g/mol. The van der Waals surface area contributed by atoms with Crippen LogP contribution in [0.25, 0.3) is 10.9 Å². The second-order valence-corrected chi connectivity index (χ2v) is 2.25. The van der Waals surface area contributed by atoms with Gasteiger partial charge in [-0.1, -0.05) is 12.1 Å². The van der Waals surface area contributed by atoms with Crippen LogP contribution in [-0.2, 0) is 0 Å². The summed E-state index contributed by atoms with van der Waals surface area (Å²) >= 11 is 0. The number of rotatable bonds is 0. The molecule has 1 heterocycles. The number of nitrogens with one attached hydrogen (secondary N) is 1. The molecule has 12 heavy (non-hydrogen) atoms. The summed E-state index contributed by atoms with van der Waals surface area (Å²) in [6.45, 7) is 0. The first kappa shape index (κ1) is 8.42. The van der Waals surface area contributed by atoms with E-state index < -0.39 is 0 Å². The number of aromatic amines is 1. The quantitative estimate of drug-likeness (QED) is 0.609. The molecule has 2 rings (SSSR count). The van der Waals surface area contributed by atoms with Crippen molar-refractivity contribution in [2.45, 2.75) is 0 Å². The van der Waals surface area contributed by atoms with Crippen molar-refractivity contribution in [1.82, 2.24) is 16.1 Å². The van der Waals surface area contributed by atoms with Crippen molar-refractivity contribution in [3.8, 4) is 0 Å². The molecule has 0 aliphatic heterocycles. The van der Waals surface area contributed by atoms with E-state index in [1.165, 1.54) is 6.33 Å². The van der Waals surface area contributed by atoms with Crippen molar-refractivity contribution in [3.05, 3.63) is 40.9 Å². The molecule has 1 aromatic carbocycles. The highest BCUT2D eigenvalue weighted by Gasteiger charge is 1.94. The fourth-order valence-electron chi connectivity index (χ4n) is 1.03. The van der Waals surface area contributed by atoms with Crippen LogP contribution in [0.15, 0.2) is 35.4 Å². The number of benzene rings is 1. The monoisotopic (exact) mass is 163 g/mol. The molecule has 0 bridgehead atoms. The molecule has 0 saturated heterocycles. The first-order valence-electron chi connectivity index (χ1n) is 3.30. The summed E-state index contributed by atoms with van der Waals surface area (Å²) in [6, 6.07) is 7.29. The summed E-state index contributed by atoms with van der Waals surface area (Å²) in [4.78, 5) is 17.5. The summed E-state index contributed by atoms with van der Waals surface area (Å²) in [6.07, 6.45) is 1.41. The van der Waals surface area contributed by atoms with E-state index in [0.717, 1.165) is 5.52 Å². The molecule has 0 atom stereocenters. The van der Waals surface area contributed by atoms with Crippen LogP contribution < -0.4 is 11.7 Å². The van der Waals surface area contributed by atoms with Crippen LogP contribution in [0.4, 0.5) is 0 Å². The molecule has 0 amide bonds. The van der Waals surface area contributed by atoms with E-state index in [2.05, 4.69) is 9.97 Å². The Balaban J connectivity index is 0.000000720. The van der Waals surface area contributed by atoms with E-state index in [0.29, 0.717) is 5.39 Å². The molecule has 0 radical (unpaired) electrons. The Hall–Kier alpha value is -1.68.